The molecule has 0 fully saturated rings. The summed E-state index contributed by atoms with van der Waals surface area (Å²) in [6.45, 7) is 8.19. The van der Waals surface area contributed by atoms with Gasteiger partial charge in [-0.15, -0.1) is 0 Å². The maximum absolute atomic E-state index is 9.47. The molecule has 2 N–H and O–H groups in total. The number of benzene rings is 1. The highest BCUT2D eigenvalue weighted by Crippen LogP contribution is 2.25. The summed E-state index contributed by atoms with van der Waals surface area (Å²) < 4.78 is 0. The Kier molecular flexibility index (Phi) is 7.73. The van der Waals surface area contributed by atoms with Gasteiger partial charge >= 0.3 is 0 Å². The first-order chi connectivity index (χ1) is 9.12. The summed E-state index contributed by atoms with van der Waals surface area (Å²) in [7, 11) is 0. The normalized spacial score (nSPS) is 12.9. The van der Waals surface area contributed by atoms with E-state index in [2.05, 4.69) is 24.1 Å². The minimum atomic E-state index is -0.106. The first kappa shape index (κ1) is 16.7. The summed E-state index contributed by atoms with van der Waals surface area (Å²) in [5, 5.41) is 13.9. The van der Waals surface area contributed by atoms with Crippen molar-refractivity contribution in [2.24, 2.45) is 0 Å². The molecule has 0 aliphatic carbocycles. The Bertz CT molecular complexity index is 384. The van der Waals surface area contributed by atoms with Crippen LogP contribution in [0.1, 0.15) is 25.5 Å². The lowest BCUT2D eigenvalue weighted by atomic mass is 10.1. The average molecular weight is 305 g/mol. The first-order valence-corrected chi connectivity index (χ1v) is 7.39. The number of nitrogens with zero attached hydrogens (tertiary/aromatic N) is 1. The van der Waals surface area contributed by atoms with Crippen molar-refractivity contribution in [3.63, 3.8) is 0 Å². The zero-order chi connectivity index (χ0) is 14.3. The number of likely N-dealkylation sites (N-methyl/N-ethyl adjacent to an activating group) is 1. The van der Waals surface area contributed by atoms with Gasteiger partial charge in [-0.3, -0.25) is 0 Å². The molecule has 0 aromatic heterocycles. The molecule has 0 aliphatic rings. The molecule has 1 aromatic rings. The molecule has 0 amide bonds. The largest absolute Gasteiger partial charge is 0.394 e. The quantitative estimate of drug-likeness (QED) is 0.775. The number of hydrogen-bond donors (Lipinski definition) is 2. The van der Waals surface area contributed by atoms with E-state index in [0.29, 0.717) is 10.0 Å². The summed E-state index contributed by atoms with van der Waals surface area (Å²) in [6.07, 6.45) is 0. The first-order valence-electron chi connectivity index (χ1n) is 6.63. The van der Waals surface area contributed by atoms with Gasteiger partial charge in [-0.05, 0) is 30.8 Å². The van der Waals surface area contributed by atoms with E-state index in [-0.39, 0.29) is 12.6 Å². The summed E-state index contributed by atoms with van der Waals surface area (Å²) in [5.74, 6) is 0. The Balaban J connectivity index is 2.55. The van der Waals surface area contributed by atoms with Crippen LogP contribution in [-0.2, 0) is 0 Å². The zero-order valence-electron chi connectivity index (χ0n) is 11.5. The van der Waals surface area contributed by atoms with Gasteiger partial charge in [0.2, 0.25) is 0 Å². The van der Waals surface area contributed by atoms with Crippen LogP contribution in [0.4, 0.5) is 0 Å². The van der Waals surface area contributed by atoms with Gasteiger partial charge in [0.1, 0.15) is 0 Å². The molecule has 1 unspecified atom stereocenters. The molecule has 0 aliphatic heterocycles. The summed E-state index contributed by atoms with van der Waals surface area (Å²) in [6, 6.07) is 5.34. The molecule has 5 heteroatoms. The van der Waals surface area contributed by atoms with E-state index in [9.17, 15) is 5.11 Å². The van der Waals surface area contributed by atoms with Gasteiger partial charge in [-0.2, -0.15) is 0 Å². The SMILES string of the molecule is CCN(CC)CCNC(CO)c1ccc(Cl)c(Cl)c1. The highest BCUT2D eigenvalue weighted by atomic mass is 35.5. The third kappa shape index (κ3) is 5.28. The molecule has 0 saturated carbocycles. The molecule has 0 bridgehead atoms. The van der Waals surface area contributed by atoms with Gasteiger partial charge in [0.25, 0.3) is 0 Å². The lowest BCUT2D eigenvalue weighted by Gasteiger charge is -2.21. The average Bonchev–Trinajstić information content (AvgIpc) is 2.42. The number of aliphatic hydroxyl groups excluding tert-OH is 1. The van der Waals surface area contributed by atoms with Crippen molar-refractivity contribution in [2.45, 2.75) is 19.9 Å². The molecule has 3 nitrogen and oxygen atoms in total. The van der Waals surface area contributed by atoms with E-state index in [4.69, 9.17) is 23.2 Å². The van der Waals surface area contributed by atoms with E-state index in [1.165, 1.54) is 0 Å². The van der Waals surface area contributed by atoms with E-state index in [0.717, 1.165) is 31.7 Å². The van der Waals surface area contributed by atoms with Crippen molar-refractivity contribution < 1.29 is 5.11 Å². The van der Waals surface area contributed by atoms with Gasteiger partial charge in [0.05, 0.1) is 22.7 Å². The van der Waals surface area contributed by atoms with Gasteiger partial charge < -0.3 is 15.3 Å². The Morgan fingerprint density at radius 2 is 1.89 bits per heavy atom. The summed E-state index contributed by atoms with van der Waals surface area (Å²) in [5.41, 5.74) is 0.955. The number of aliphatic hydroxyl groups is 1. The molecule has 19 heavy (non-hydrogen) atoms. The highest BCUT2D eigenvalue weighted by Gasteiger charge is 2.11. The van der Waals surface area contributed by atoms with Gasteiger partial charge in [-0.25, -0.2) is 0 Å². The third-order valence-electron chi connectivity index (χ3n) is 3.24. The van der Waals surface area contributed by atoms with Crippen LogP contribution < -0.4 is 5.32 Å². The number of nitrogens with one attached hydrogen (secondary N) is 1. The van der Waals surface area contributed by atoms with Crippen LogP contribution in [0.25, 0.3) is 0 Å². The molecule has 0 radical (unpaired) electrons. The van der Waals surface area contributed by atoms with Crippen molar-refractivity contribution in [1.29, 1.82) is 0 Å². The highest BCUT2D eigenvalue weighted by molar-refractivity contribution is 6.42. The van der Waals surface area contributed by atoms with Gasteiger partial charge in [0.15, 0.2) is 0 Å². The molecule has 0 saturated heterocycles. The van der Waals surface area contributed by atoms with Crippen LogP contribution in [0.2, 0.25) is 10.0 Å². The smallest absolute Gasteiger partial charge is 0.0626 e. The Labute approximate surface area is 125 Å². The van der Waals surface area contributed by atoms with Gasteiger partial charge in [-0.1, -0.05) is 43.1 Å². The fourth-order valence-corrected chi connectivity index (χ4v) is 2.26. The fourth-order valence-electron chi connectivity index (χ4n) is 1.95. The molecule has 1 aromatic carbocycles. The van der Waals surface area contributed by atoms with Crippen molar-refractivity contribution in [3.8, 4) is 0 Å². The van der Waals surface area contributed by atoms with Crippen molar-refractivity contribution >= 4 is 23.2 Å². The molecule has 0 heterocycles. The Hall–Kier alpha value is -0.320. The maximum atomic E-state index is 9.47. The molecule has 108 valence electrons. The van der Waals surface area contributed by atoms with E-state index < -0.39 is 0 Å². The fraction of sp³-hybridized carbons (Fsp3) is 0.571. The molecule has 0 spiro atoms. The summed E-state index contributed by atoms with van der Waals surface area (Å²) in [4.78, 5) is 2.33. The molecular formula is C14H22Cl2N2O. The minimum Gasteiger partial charge on any atom is -0.394 e. The van der Waals surface area contributed by atoms with Crippen molar-refractivity contribution in [2.75, 3.05) is 32.8 Å². The molecule has 1 rings (SSSR count). The Morgan fingerprint density at radius 3 is 2.42 bits per heavy atom. The topological polar surface area (TPSA) is 35.5 Å². The van der Waals surface area contributed by atoms with Crippen LogP contribution in [0.15, 0.2) is 18.2 Å². The number of halogens is 2. The van der Waals surface area contributed by atoms with Crippen LogP contribution in [0.5, 0.6) is 0 Å². The standard InChI is InChI=1S/C14H22Cl2N2O/c1-3-18(4-2)8-7-17-14(10-19)11-5-6-12(15)13(16)9-11/h5-6,9,14,17,19H,3-4,7-8,10H2,1-2H3. The second-order valence-electron chi connectivity index (χ2n) is 4.39. The van der Waals surface area contributed by atoms with Crippen LogP contribution >= 0.6 is 23.2 Å². The molecule has 1 atom stereocenters. The molecular weight excluding hydrogens is 283 g/mol. The van der Waals surface area contributed by atoms with Crippen molar-refractivity contribution in [1.82, 2.24) is 10.2 Å². The van der Waals surface area contributed by atoms with E-state index >= 15 is 0 Å². The maximum Gasteiger partial charge on any atom is 0.0626 e. The lowest BCUT2D eigenvalue weighted by molar-refractivity contribution is 0.233. The van der Waals surface area contributed by atoms with Crippen LogP contribution in [0.3, 0.4) is 0 Å². The van der Waals surface area contributed by atoms with Crippen molar-refractivity contribution in [3.05, 3.63) is 33.8 Å². The summed E-state index contributed by atoms with van der Waals surface area (Å²) >= 11 is 11.9. The zero-order valence-corrected chi connectivity index (χ0v) is 13.0. The minimum absolute atomic E-state index is 0.0379. The van der Waals surface area contributed by atoms with E-state index in [1.807, 2.05) is 6.07 Å². The monoisotopic (exact) mass is 304 g/mol. The predicted octanol–water partition coefficient (Wildman–Crippen LogP) is 2.96. The van der Waals surface area contributed by atoms with E-state index in [1.54, 1.807) is 12.1 Å². The van der Waals surface area contributed by atoms with Crippen LogP contribution in [0, 0.1) is 0 Å². The van der Waals surface area contributed by atoms with Crippen LogP contribution in [-0.4, -0.2) is 42.8 Å². The third-order valence-corrected chi connectivity index (χ3v) is 3.98. The van der Waals surface area contributed by atoms with Gasteiger partial charge in [0, 0.05) is 13.1 Å². The number of rotatable bonds is 8. The lowest BCUT2D eigenvalue weighted by Crippen LogP contribution is -2.34. The second kappa shape index (κ2) is 8.77. The Morgan fingerprint density at radius 1 is 1.21 bits per heavy atom. The second-order valence-corrected chi connectivity index (χ2v) is 5.20. The number of hydrogen-bond acceptors (Lipinski definition) is 3. The predicted molar refractivity (Wildman–Crippen MR) is 82.1 cm³/mol.